The minimum absolute atomic E-state index is 0.232. The standard InChI is InChI=1S/C9H12ClN3O/c1-6-2-11-9(12-8(6)10)13-3-7(4-13)5-14/h2,7,14H,3-5H2,1H3. The van der Waals surface area contributed by atoms with Crippen LogP contribution in [0.1, 0.15) is 5.56 Å². The molecule has 0 aliphatic carbocycles. The zero-order valence-corrected chi connectivity index (χ0v) is 8.70. The van der Waals surface area contributed by atoms with E-state index in [1.165, 1.54) is 0 Å². The summed E-state index contributed by atoms with van der Waals surface area (Å²) in [5, 5.41) is 9.36. The van der Waals surface area contributed by atoms with E-state index in [1.807, 2.05) is 11.8 Å². The highest BCUT2D eigenvalue weighted by Crippen LogP contribution is 2.22. The maximum absolute atomic E-state index is 8.86. The summed E-state index contributed by atoms with van der Waals surface area (Å²) in [7, 11) is 0. The third-order valence-electron chi connectivity index (χ3n) is 2.40. The molecule has 0 atom stereocenters. The van der Waals surface area contributed by atoms with Crippen LogP contribution in [0.3, 0.4) is 0 Å². The van der Waals surface area contributed by atoms with Crippen molar-refractivity contribution < 1.29 is 5.11 Å². The summed E-state index contributed by atoms with van der Waals surface area (Å²) in [6, 6.07) is 0. The van der Waals surface area contributed by atoms with Crippen molar-refractivity contribution in [2.45, 2.75) is 6.92 Å². The van der Waals surface area contributed by atoms with Gasteiger partial charge in [-0.25, -0.2) is 9.97 Å². The van der Waals surface area contributed by atoms with Crippen molar-refractivity contribution in [3.05, 3.63) is 16.9 Å². The lowest BCUT2D eigenvalue weighted by Crippen LogP contribution is -2.49. The van der Waals surface area contributed by atoms with Gasteiger partial charge in [-0.05, 0) is 6.92 Å². The molecule has 0 unspecified atom stereocenters. The minimum Gasteiger partial charge on any atom is -0.396 e. The first kappa shape index (κ1) is 9.68. The number of hydrogen-bond acceptors (Lipinski definition) is 4. The number of aromatic nitrogens is 2. The van der Waals surface area contributed by atoms with Gasteiger partial charge in [0.15, 0.2) is 0 Å². The summed E-state index contributed by atoms with van der Waals surface area (Å²) in [6.07, 6.45) is 1.72. The molecule has 1 N–H and O–H groups in total. The fourth-order valence-corrected chi connectivity index (χ4v) is 1.54. The molecule has 4 nitrogen and oxygen atoms in total. The molecule has 1 saturated heterocycles. The molecule has 1 aromatic rings. The van der Waals surface area contributed by atoms with Crippen LogP contribution >= 0.6 is 11.6 Å². The molecule has 0 radical (unpaired) electrons. The second kappa shape index (κ2) is 3.71. The van der Waals surface area contributed by atoms with Gasteiger partial charge >= 0.3 is 0 Å². The predicted octanol–water partition coefficient (Wildman–Crippen LogP) is 0.867. The van der Waals surface area contributed by atoms with Crippen LogP contribution in [0.5, 0.6) is 0 Å². The van der Waals surface area contributed by atoms with Crippen LogP contribution in [-0.4, -0.2) is 34.8 Å². The molecular formula is C9H12ClN3O. The van der Waals surface area contributed by atoms with Crippen molar-refractivity contribution in [1.29, 1.82) is 0 Å². The Balaban J connectivity index is 2.08. The number of anilines is 1. The highest BCUT2D eigenvalue weighted by atomic mass is 35.5. The van der Waals surface area contributed by atoms with Crippen molar-refractivity contribution >= 4 is 17.5 Å². The number of nitrogens with zero attached hydrogens (tertiary/aromatic N) is 3. The molecule has 2 rings (SSSR count). The molecule has 14 heavy (non-hydrogen) atoms. The quantitative estimate of drug-likeness (QED) is 0.741. The monoisotopic (exact) mass is 213 g/mol. The lowest BCUT2D eigenvalue weighted by Gasteiger charge is -2.38. The van der Waals surface area contributed by atoms with Gasteiger partial charge in [-0.15, -0.1) is 0 Å². The van der Waals surface area contributed by atoms with E-state index in [0.717, 1.165) is 18.7 Å². The summed E-state index contributed by atoms with van der Waals surface area (Å²) in [6.45, 7) is 3.74. The Hall–Kier alpha value is -0.870. The molecule has 0 saturated carbocycles. The Morgan fingerprint density at radius 2 is 2.36 bits per heavy atom. The molecule has 1 fully saturated rings. The second-order valence-corrected chi connectivity index (χ2v) is 3.96. The van der Waals surface area contributed by atoms with Crippen LogP contribution in [-0.2, 0) is 0 Å². The highest BCUT2D eigenvalue weighted by Gasteiger charge is 2.27. The van der Waals surface area contributed by atoms with E-state index in [2.05, 4.69) is 9.97 Å². The van der Waals surface area contributed by atoms with E-state index >= 15 is 0 Å². The Morgan fingerprint density at radius 1 is 1.64 bits per heavy atom. The zero-order chi connectivity index (χ0) is 10.1. The number of hydrogen-bond donors (Lipinski definition) is 1. The Labute approximate surface area is 87.5 Å². The third kappa shape index (κ3) is 1.67. The van der Waals surface area contributed by atoms with Crippen molar-refractivity contribution in [2.75, 3.05) is 24.6 Å². The van der Waals surface area contributed by atoms with Gasteiger partial charge in [0, 0.05) is 37.4 Å². The molecular weight excluding hydrogens is 202 g/mol. The lowest BCUT2D eigenvalue weighted by atomic mass is 10.0. The van der Waals surface area contributed by atoms with Gasteiger partial charge in [-0.1, -0.05) is 11.6 Å². The SMILES string of the molecule is Cc1cnc(N2CC(CO)C2)nc1Cl. The summed E-state index contributed by atoms with van der Waals surface area (Å²) in [5.41, 5.74) is 0.884. The molecule has 5 heteroatoms. The Kier molecular flexibility index (Phi) is 2.56. The zero-order valence-electron chi connectivity index (χ0n) is 7.94. The molecule has 1 aliphatic heterocycles. The summed E-state index contributed by atoms with van der Waals surface area (Å²) in [4.78, 5) is 10.3. The maximum atomic E-state index is 8.86. The van der Waals surface area contributed by atoms with Crippen molar-refractivity contribution in [1.82, 2.24) is 9.97 Å². The van der Waals surface area contributed by atoms with Crippen LogP contribution in [0.15, 0.2) is 6.20 Å². The van der Waals surface area contributed by atoms with E-state index in [9.17, 15) is 0 Å². The van der Waals surface area contributed by atoms with Gasteiger partial charge in [0.1, 0.15) is 5.15 Å². The summed E-state index contributed by atoms with van der Waals surface area (Å²) in [5.74, 6) is 1.02. The molecule has 1 aliphatic rings. The van der Waals surface area contributed by atoms with Crippen molar-refractivity contribution in [2.24, 2.45) is 5.92 Å². The summed E-state index contributed by atoms with van der Waals surface area (Å²) >= 11 is 5.88. The van der Waals surface area contributed by atoms with Gasteiger partial charge in [0.05, 0.1) is 0 Å². The van der Waals surface area contributed by atoms with Gasteiger partial charge in [0.2, 0.25) is 5.95 Å². The van der Waals surface area contributed by atoms with Gasteiger partial charge in [-0.2, -0.15) is 0 Å². The largest absolute Gasteiger partial charge is 0.396 e. The van der Waals surface area contributed by atoms with E-state index < -0.39 is 0 Å². The number of rotatable bonds is 2. The molecule has 2 heterocycles. The summed E-state index contributed by atoms with van der Waals surface area (Å²) < 4.78 is 0. The average Bonchev–Trinajstić information content (AvgIpc) is 2.09. The second-order valence-electron chi connectivity index (χ2n) is 3.60. The van der Waals surface area contributed by atoms with Crippen LogP contribution in [0, 0.1) is 12.8 Å². The lowest BCUT2D eigenvalue weighted by molar-refractivity contribution is 0.199. The van der Waals surface area contributed by atoms with E-state index in [4.69, 9.17) is 16.7 Å². The molecule has 0 aromatic carbocycles. The van der Waals surface area contributed by atoms with Crippen LogP contribution in [0.2, 0.25) is 5.15 Å². The topological polar surface area (TPSA) is 49.2 Å². The Morgan fingerprint density at radius 3 is 2.93 bits per heavy atom. The minimum atomic E-state index is 0.232. The number of aryl methyl sites for hydroxylation is 1. The first-order valence-electron chi connectivity index (χ1n) is 4.55. The number of aliphatic hydroxyl groups is 1. The smallest absolute Gasteiger partial charge is 0.226 e. The van der Waals surface area contributed by atoms with Gasteiger partial charge in [-0.3, -0.25) is 0 Å². The third-order valence-corrected chi connectivity index (χ3v) is 2.78. The van der Waals surface area contributed by atoms with Crippen LogP contribution in [0.25, 0.3) is 0 Å². The van der Waals surface area contributed by atoms with Crippen molar-refractivity contribution in [3.63, 3.8) is 0 Å². The molecule has 0 spiro atoms. The predicted molar refractivity (Wildman–Crippen MR) is 54.6 cm³/mol. The first-order chi connectivity index (χ1) is 6.70. The number of aliphatic hydroxyl groups excluding tert-OH is 1. The van der Waals surface area contributed by atoms with Gasteiger partial charge in [0.25, 0.3) is 0 Å². The average molecular weight is 214 g/mol. The van der Waals surface area contributed by atoms with Crippen molar-refractivity contribution in [3.8, 4) is 0 Å². The fourth-order valence-electron chi connectivity index (χ4n) is 1.41. The van der Waals surface area contributed by atoms with E-state index in [0.29, 0.717) is 17.0 Å². The van der Waals surface area contributed by atoms with Gasteiger partial charge < -0.3 is 10.0 Å². The molecule has 1 aromatic heterocycles. The fraction of sp³-hybridized carbons (Fsp3) is 0.556. The Bertz CT molecular complexity index is 339. The molecule has 0 bridgehead atoms. The van der Waals surface area contributed by atoms with E-state index in [1.54, 1.807) is 6.20 Å². The first-order valence-corrected chi connectivity index (χ1v) is 4.93. The number of halogens is 1. The van der Waals surface area contributed by atoms with Crippen LogP contribution in [0.4, 0.5) is 5.95 Å². The normalized spacial score (nSPS) is 16.9. The highest BCUT2D eigenvalue weighted by molar-refractivity contribution is 6.30. The molecule has 0 amide bonds. The maximum Gasteiger partial charge on any atom is 0.226 e. The van der Waals surface area contributed by atoms with Crippen LogP contribution < -0.4 is 4.90 Å². The molecule has 76 valence electrons. The van der Waals surface area contributed by atoms with E-state index in [-0.39, 0.29) is 6.61 Å².